The zero-order valence-electron chi connectivity index (χ0n) is 22.2. The zero-order valence-corrected chi connectivity index (χ0v) is 24.6. The molecule has 4 aromatic rings. The lowest BCUT2D eigenvalue weighted by Crippen LogP contribution is -2.35. The van der Waals surface area contributed by atoms with Gasteiger partial charge in [-0.1, -0.05) is 64.4 Å². The number of ether oxygens (including phenoxy) is 2. The summed E-state index contributed by atoms with van der Waals surface area (Å²) in [5.74, 6) is 0.687. The highest BCUT2D eigenvalue weighted by molar-refractivity contribution is 7.18. The summed E-state index contributed by atoms with van der Waals surface area (Å²) >= 11 is 13.5. The van der Waals surface area contributed by atoms with Crippen molar-refractivity contribution in [2.24, 2.45) is 0 Å². The molecule has 0 aliphatic rings. The maximum atomic E-state index is 13.4. The van der Waals surface area contributed by atoms with E-state index >= 15 is 0 Å². The summed E-state index contributed by atoms with van der Waals surface area (Å²) in [5.41, 5.74) is 3.38. The number of carbonyl (C=O) groups excluding carboxylic acids is 2. The molecule has 0 radical (unpaired) electrons. The van der Waals surface area contributed by atoms with Gasteiger partial charge in [-0.2, -0.15) is 0 Å². The Hall–Kier alpha value is -3.66. The second kappa shape index (κ2) is 13.6. The van der Waals surface area contributed by atoms with Crippen LogP contribution >= 0.6 is 34.5 Å². The van der Waals surface area contributed by atoms with Crippen LogP contribution in [0.25, 0.3) is 10.6 Å². The number of nitrogens with zero attached hydrogens (tertiary/aromatic N) is 3. The van der Waals surface area contributed by atoms with Gasteiger partial charge in [0.2, 0.25) is 11.0 Å². The monoisotopic (exact) mass is 598 g/mol. The van der Waals surface area contributed by atoms with Gasteiger partial charge in [0.05, 0.1) is 24.3 Å². The van der Waals surface area contributed by atoms with E-state index in [0.717, 1.165) is 16.7 Å². The predicted octanol–water partition coefficient (Wildman–Crippen LogP) is 6.55. The largest absolute Gasteiger partial charge is 0.493 e. The molecule has 0 saturated heterocycles. The number of rotatable bonds is 11. The van der Waals surface area contributed by atoms with Gasteiger partial charge in [0, 0.05) is 30.6 Å². The number of nitrogens with one attached hydrogen (secondary N) is 1. The third-order valence-corrected chi connectivity index (χ3v) is 7.74. The number of hydrogen-bond donors (Lipinski definition) is 1. The van der Waals surface area contributed by atoms with Crippen LogP contribution < -0.4 is 14.8 Å². The van der Waals surface area contributed by atoms with Gasteiger partial charge in [0.25, 0.3) is 5.91 Å². The van der Waals surface area contributed by atoms with Gasteiger partial charge in [0.15, 0.2) is 11.5 Å². The maximum Gasteiger partial charge on any atom is 0.253 e. The van der Waals surface area contributed by atoms with Gasteiger partial charge < -0.3 is 19.7 Å². The summed E-state index contributed by atoms with van der Waals surface area (Å²) in [4.78, 5) is 27.9. The van der Waals surface area contributed by atoms with Gasteiger partial charge in [-0.25, -0.2) is 0 Å². The molecule has 40 heavy (non-hydrogen) atoms. The van der Waals surface area contributed by atoms with Crippen LogP contribution in [-0.4, -0.2) is 54.2 Å². The van der Waals surface area contributed by atoms with E-state index in [1.807, 2.05) is 49.4 Å². The van der Waals surface area contributed by atoms with Gasteiger partial charge in [-0.3, -0.25) is 9.59 Å². The van der Waals surface area contributed by atoms with Gasteiger partial charge in [-0.15, -0.1) is 10.2 Å². The molecule has 0 saturated carbocycles. The Balaban J connectivity index is 1.44. The van der Waals surface area contributed by atoms with Gasteiger partial charge >= 0.3 is 0 Å². The molecule has 2 amide bonds. The van der Waals surface area contributed by atoms with Crippen molar-refractivity contribution in [2.45, 2.75) is 19.8 Å². The maximum absolute atomic E-state index is 13.4. The lowest BCUT2D eigenvalue weighted by atomic mass is 10.1. The second-order valence-corrected chi connectivity index (χ2v) is 10.7. The van der Waals surface area contributed by atoms with E-state index in [1.54, 1.807) is 31.3 Å². The summed E-state index contributed by atoms with van der Waals surface area (Å²) in [6.07, 6.45) is 0.601. The molecule has 0 aliphatic carbocycles. The molecule has 11 heteroatoms. The van der Waals surface area contributed by atoms with Crippen LogP contribution in [0.15, 0.2) is 60.7 Å². The second-order valence-electron chi connectivity index (χ2n) is 8.94. The first-order valence-corrected chi connectivity index (χ1v) is 14.0. The minimum Gasteiger partial charge on any atom is -0.493 e. The summed E-state index contributed by atoms with van der Waals surface area (Å²) in [6.45, 7) is 2.54. The molecular formula is C29H28Cl2N4O4S. The number of aryl methyl sites for hydroxylation is 1. The van der Waals surface area contributed by atoms with Crippen molar-refractivity contribution < 1.29 is 19.1 Å². The molecule has 1 aromatic heterocycles. The van der Waals surface area contributed by atoms with E-state index in [9.17, 15) is 9.59 Å². The van der Waals surface area contributed by atoms with Crippen molar-refractivity contribution in [1.82, 2.24) is 15.1 Å². The Bertz CT molecular complexity index is 1510. The summed E-state index contributed by atoms with van der Waals surface area (Å²) < 4.78 is 10.7. The fourth-order valence-corrected chi connectivity index (χ4v) is 5.07. The lowest BCUT2D eigenvalue weighted by molar-refractivity contribution is -0.116. The van der Waals surface area contributed by atoms with E-state index in [2.05, 4.69) is 15.5 Å². The summed E-state index contributed by atoms with van der Waals surface area (Å²) in [6, 6.07) is 18.2. The number of amides is 2. The Kier molecular flexibility index (Phi) is 9.98. The molecule has 208 valence electrons. The highest BCUT2D eigenvalue weighted by atomic mass is 35.5. The smallest absolute Gasteiger partial charge is 0.253 e. The fraction of sp³-hybridized carbons (Fsp3) is 0.241. The van der Waals surface area contributed by atoms with Crippen LogP contribution in [0.5, 0.6) is 11.5 Å². The number of anilines is 1. The van der Waals surface area contributed by atoms with Crippen molar-refractivity contribution in [2.75, 3.05) is 32.6 Å². The molecule has 0 spiro atoms. The Labute approximate surface area is 246 Å². The van der Waals surface area contributed by atoms with E-state index in [-0.39, 0.29) is 29.8 Å². The van der Waals surface area contributed by atoms with Crippen LogP contribution in [0, 0.1) is 6.92 Å². The molecule has 1 heterocycles. The Morgan fingerprint density at radius 1 is 0.925 bits per heavy atom. The predicted molar refractivity (Wildman–Crippen MR) is 159 cm³/mol. The topological polar surface area (TPSA) is 93.6 Å². The minimum atomic E-state index is -0.273. The molecule has 0 aliphatic heterocycles. The van der Waals surface area contributed by atoms with Crippen LogP contribution in [0.3, 0.4) is 0 Å². The van der Waals surface area contributed by atoms with Gasteiger partial charge in [0.1, 0.15) is 5.01 Å². The van der Waals surface area contributed by atoms with E-state index < -0.39 is 0 Å². The first kappa shape index (κ1) is 29.3. The molecule has 0 bridgehead atoms. The normalized spacial score (nSPS) is 10.7. The number of methoxy groups -OCH3 is 2. The van der Waals surface area contributed by atoms with E-state index in [4.69, 9.17) is 32.7 Å². The number of benzene rings is 3. The molecule has 0 atom stereocenters. The highest BCUT2D eigenvalue weighted by Gasteiger charge is 2.19. The Morgan fingerprint density at radius 2 is 1.73 bits per heavy atom. The summed E-state index contributed by atoms with van der Waals surface area (Å²) in [5, 5.41) is 12.8. The number of halogens is 2. The van der Waals surface area contributed by atoms with Crippen molar-refractivity contribution >= 4 is 51.5 Å². The minimum absolute atomic E-state index is 0.0678. The number of aromatic nitrogens is 2. The average Bonchev–Trinajstić information content (AvgIpc) is 3.42. The molecule has 1 N–H and O–H groups in total. The third kappa shape index (κ3) is 7.50. The van der Waals surface area contributed by atoms with Crippen LogP contribution in [-0.2, 0) is 11.2 Å². The SMILES string of the molecule is COc1ccc(CCN(CCC(=O)Nc2nnc(-c3cccc(C)c3)s2)C(=O)c2ccc(Cl)c(Cl)c2)cc1OC. The van der Waals surface area contributed by atoms with Crippen molar-refractivity contribution in [1.29, 1.82) is 0 Å². The lowest BCUT2D eigenvalue weighted by Gasteiger charge is -2.23. The van der Waals surface area contributed by atoms with E-state index in [1.165, 1.54) is 17.4 Å². The van der Waals surface area contributed by atoms with Gasteiger partial charge in [-0.05, 0) is 55.3 Å². The molecule has 8 nitrogen and oxygen atoms in total. The zero-order chi connectivity index (χ0) is 28.6. The van der Waals surface area contributed by atoms with Crippen molar-refractivity contribution in [3.05, 3.63) is 87.4 Å². The molecule has 4 rings (SSSR count). The van der Waals surface area contributed by atoms with Crippen molar-refractivity contribution in [3.63, 3.8) is 0 Å². The number of hydrogen-bond acceptors (Lipinski definition) is 7. The standard InChI is InChI=1S/C29H28Cl2N4O4S/c1-18-5-4-6-20(15-18)27-33-34-29(40-27)32-26(36)12-14-35(28(37)21-8-9-22(30)23(31)17-21)13-11-19-7-10-24(38-2)25(16-19)39-3/h4-10,15-17H,11-14H2,1-3H3,(H,32,34,36). The van der Waals surface area contributed by atoms with Crippen molar-refractivity contribution in [3.8, 4) is 22.1 Å². The fourth-order valence-electron chi connectivity index (χ4n) is 4.01. The Morgan fingerprint density at radius 3 is 2.45 bits per heavy atom. The highest BCUT2D eigenvalue weighted by Crippen LogP contribution is 2.29. The molecule has 3 aromatic carbocycles. The third-order valence-electron chi connectivity index (χ3n) is 6.12. The van der Waals surface area contributed by atoms with Crippen LogP contribution in [0.4, 0.5) is 5.13 Å². The average molecular weight is 600 g/mol. The van der Waals surface area contributed by atoms with E-state index in [0.29, 0.717) is 45.2 Å². The molecular weight excluding hydrogens is 571 g/mol. The number of carbonyl (C=O) groups is 2. The molecule has 0 unspecified atom stereocenters. The molecule has 0 fully saturated rings. The first-order valence-electron chi connectivity index (χ1n) is 12.4. The summed E-state index contributed by atoms with van der Waals surface area (Å²) in [7, 11) is 3.15. The quantitative estimate of drug-likeness (QED) is 0.210. The first-order chi connectivity index (χ1) is 19.3. The van der Waals surface area contributed by atoms with Crippen LogP contribution in [0.2, 0.25) is 10.0 Å². The van der Waals surface area contributed by atoms with Crippen LogP contribution in [0.1, 0.15) is 27.9 Å².